The minimum atomic E-state index is 0. The number of hydrogen-bond donors (Lipinski definition) is 1. The number of quaternary nitrogens is 1. The van der Waals surface area contributed by atoms with Gasteiger partial charge in [-0.3, -0.25) is 0 Å². The Kier molecular flexibility index (Phi) is 9.82. The van der Waals surface area contributed by atoms with E-state index in [1.54, 1.807) is 0 Å². The summed E-state index contributed by atoms with van der Waals surface area (Å²) in [7, 11) is 0. The summed E-state index contributed by atoms with van der Waals surface area (Å²) in [6, 6.07) is 0.769. The molecule has 0 unspecified atom stereocenters. The molecule has 2 N–H and O–H groups in total. The van der Waals surface area contributed by atoms with Crippen LogP contribution in [0.1, 0.15) is 64.2 Å². The molecule has 0 heterocycles. The molecule has 4 heteroatoms. The van der Waals surface area contributed by atoms with Crippen molar-refractivity contribution in [3.05, 3.63) is 0 Å². The second-order valence-corrected chi connectivity index (χ2v) is 4.93. The Morgan fingerprint density at radius 2 is 1.19 bits per heavy atom. The van der Waals surface area contributed by atoms with Crippen LogP contribution in [0.4, 0.5) is 0 Å². The summed E-state index contributed by atoms with van der Waals surface area (Å²) in [5, 5.41) is 0. The lowest BCUT2D eigenvalue weighted by molar-refractivity contribution is -0.927. The van der Waals surface area contributed by atoms with E-state index in [1.807, 2.05) is 0 Å². The fourth-order valence-corrected chi connectivity index (χ4v) is 2.69. The van der Waals surface area contributed by atoms with E-state index in [0.717, 1.165) is 6.04 Å². The smallest absolute Gasteiger partial charge is 0.117 e. The van der Waals surface area contributed by atoms with Gasteiger partial charge in [-0.15, -0.1) is 0 Å². The second-order valence-electron chi connectivity index (χ2n) is 4.93. The number of nitrogens with two attached hydrogens (primary N) is 1. The largest absolute Gasteiger partial charge is 1.00 e. The van der Waals surface area contributed by atoms with E-state index in [1.165, 1.54) is 64.2 Å². The van der Waals surface area contributed by atoms with E-state index in [9.17, 15) is 0 Å². The predicted molar refractivity (Wildman–Crippen MR) is 56.8 cm³/mol. The molecule has 0 radical (unpaired) electrons. The molecule has 2 aliphatic rings. The summed E-state index contributed by atoms with van der Waals surface area (Å²) in [6.45, 7) is 0. The van der Waals surface area contributed by atoms with Gasteiger partial charge in [-0.05, 0) is 25.7 Å². The number of hydroxylamine groups is 1. The first-order valence-corrected chi connectivity index (χ1v) is 6.44. The van der Waals surface area contributed by atoms with Crippen LogP contribution < -0.4 is 30.3 Å². The average Bonchev–Trinajstić information content (AvgIpc) is 2.29. The number of halogens is 2. The monoisotopic (exact) mass is 268 g/mol. The van der Waals surface area contributed by atoms with Gasteiger partial charge in [0.25, 0.3) is 0 Å². The lowest BCUT2D eigenvalue weighted by atomic mass is 9.96. The van der Waals surface area contributed by atoms with Crippen LogP contribution in [-0.4, -0.2) is 12.1 Å². The van der Waals surface area contributed by atoms with Gasteiger partial charge in [0.1, 0.15) is 12.1 Å². The zero-order valence-electron chi connectivity index (χ0n) is 9.97. The van der Waals surface area contributed by atoms with Crippen LogP contribution in [0.5, 0.6) is 0 Å². The van der Waals surface area contributed by atoms with Gasteiger partial charge in [-0.1, -0.05) is 25.7 Å². The highest BCUT2D eigenvalue weighted by Gasteiger charge is 2.21. The van der Waals surface area contributed by atoms with Crippen molar-refractivity contribution in [1.82, 2.24) is 0 Å². The molecule has 2 fully saturated rings. The lowest BCUT2D eigenvalue weighted by Gasteiger charge is -2.24. The maximum Gasteiger partial charge on any atom is 0.117 e. The Labute approximate surface area is 112 Å². The Morgan fingerprint density at radius 3 is 1.75 bits per heavy atom. The molecule has 0 aromatic rings. The second kappa shape index (κ2) is 9.52. The van der Waals surface area contributed by atoms with Crippen LogP contribution in [0.3, 0.4) is 0 Å². The molecule has 0 spiro atoms. The van der Waals surface area contributed by atoms with Crippen molar-refractivity contribution in [1.29, 1.82) is 0 Å². The third-order valence-electron chi connectivity index (χ3n) is 3.67. The zero-order valence-corrected chi connectivity index (χ0v) is 11.5. The fourth-order valence-electron chi connectivity index (χ4n) is 2.69. The van der Waals surface area contributed by atoms with E-state index in [-0.39, 0.29) is 24.8 Å². The number of hydrogen-bond acceptors (Lipinski definition) is 1. The summed E-state index contributed by atoms with van der Waals surface area (Å²) in [4.78, 5) is 5.90. The van der Waals surface area contributed by atoms with E-state index < -0.39 is 0 Å². The van der Waals surface area contributed by atoms with Gasteiger partial charge >= 0.3 is 0 Å². The third-order valence-corrected chi connectivity index (χ3v) is 3.67. The van der Waals surface area contributed by atoms with Crippen LogP contribution in [0.2, 0.25) is 0 Å². The van der Waals surface area contributed by atoms with Crippen LogP contribution >= 0.6 is 0 Å². The van der Waals surface area contributed by atoms with Crippen molar-refractivity contribution in [3.63, 3.8) is 0 Å². The summed E-state index contributed by atoms with van der Waals surface area (Å²) >= 11 is 0. The van der Waals surface area contributed by atoms with Gasteiger partial charge in [-0.2, -0.15) is 5.48 Å². The molecule has 2 nitrogen and oxygen atoms in total. The van der Waals surface area contributed by atoms with Gasteiger partial charge in [0.15, 0.2) is 0 Å². The molecule has 2 aliphatic carbocycles. The molecule has 0 aliphatic heterocycles. The van der Waals surface area contributed by atoms with Crippen LogP contribution in [0.25, 0.3) is 0 Å². The van der Waals surface area contributed by atoms with Gasteiger partial charge in [0, 0.05) is 12.8 Å². The Balaban J connectivity index is 0.00000112. The van der Waals surface area contributed by atoms with Crippen molar-refractivity contribution in [3.8, 4) is 0 Å². The zero-order chi connectivity index (χ0) is 9.64. The molecular formula is C12H24Cl2NO-. The van der Waals surface area contributed by atoms with Crippen LogP contribution in [-0.2, 0) is 4.84 Å². The standard InChI is InChI=1S/C12H23NO.2ClH/c1-3-7-11(8-4-1)13-14-12-9-5-2-6-10-12;;/h11-13H,1-10H2;2*1H/p-1. The molecule has 98 valence electrons. The SMILES string of the molecule is C1CCC([NH2+]OC2CCCCC2)CC1.[Cl-].[Cl-]. The molecule has 2 saturated carbocycles. The summed E-state index contributed by atoms with van der Waals surface area (Å²) < 4.78 is 0. The van der Waals surface area contributed by atoms with E-state index >= 15 is 0 Å². The van der Waals surface area contributed by atoms with Crippen molar-refractivity contribution >= 4 is 0 Å². The third kappa shape index (κ3) is 5.72. The first kappa shape index (κ1) is 16.5. The lowest BCUT2D eigenvalue weighted by Crippen LogP contribution is -3.00. The average molecular weight is 269 g/mol. The summed E-state index contributed by atoms with van der Waals surface area (Å²) in [6.07, 6.45) is 14.3. The molecular weight excluding hydrogens is 245 g/mol. The van der Waals surface area contributed by atoms with Gasteiger partial charge in [-0.25, -0.2) is 4.84 Å². The Morgan fingerprint density at radius 1 is 0.688 bits per heavy atom. The molecule has 16 heavy (non-hydrogen) atoms. The van der Waals surface area contributed by atoms with Crippen molar-refractivity contribution < 1.29 is 35.1 Å². The Bertz CT molecular complexity index is 139. The van der Waals surface area contributed by atoms with Gasteiger partial charge in [0.2, 0.25) is 0 Å². The highest BCUT2D eigenvalue weighted by molar-refractivity contribution is 4.64. The normalized spacial score (nSPS) is 23.2. The summed E-state index contributed by atoms with van der Waals surface area (Å²) in [5.74, 6) is 0. The van der Waals surface area contributed by atoms with Crippen LogP contribution in [0, 0.1) is 0 Å². The van der Waals surface area contributed by atoms with Crippen LogP contribution in [0.15, 0.2) is 0 Å². The molecule has 0 saturated heterocycles. The first-order valence-electron chi connectivity index (χ1n) is 6.44. The van der Waals surface area contributed by atoms with Crippen molar-refractivity contribution in [2.75, 3.05) is 0 Å². The highest BCUT2D eigenvalue weighted by atomic mass is 35.5. The molecule has 0 aromatic carbocycles. The topological polar surface area (TPSA) is 25.8 Å². The fraction of sp³-hybridized carbons (Fsp3) is 1.00. The van der Waals surface area contributed by atoms with E-state index in [0.29, 0.717) is 6.10 Å². The maximum atomic E-state index is 5.90. The molecule has 0 amide bonds. The Hall–Kier alpha value is 0.500. The molecule has 0 atom stereocenters. The van der Waals surface area contributed by atoms with E-state index in [4.69, 9.17) is 4.84 Å². The maximum absolute atomic E-state index is 5.90. The minimum absolute atomic E-state index is 0. The first-order chi connectivity index (χ1) is 6.95. The number of rotatable bonds is 3. The van der Waals surface area contributed by atoms with Crippen molar-refractivity contribution in [2.24, 2.45) is 0 Å². The molecule has 0 bridgehead atoms. The van der Waals surface area contributed by atoms with Gasteiger partial charge < -0.3 is 24.8 Å². The highest BCUT2D eigenvalue weighted by Crippen LogP contribution is 2.19. The predicted octanol–water partition coefficient (Wildman–Crippen LogP) is -3.85. The van der Waals surface area contributed by atoms with E-state index in [2.05, 4.69) is 5.48 Å². The summed E-state index contributed by atoms with van der Waals surface area (Å²) in [5.41, 5.74) is 2.18. The van der Waals surface area contributed by atoms with Gasteiger partial charge in [0.05, 0.1) is 0 Å². The van der Waals surface area contributed by atoms with Crippen molar-refractivity contribution in [2.45, 2.75) is 76.4 Å². The minimum Gasteiger partial charge on any atom is -1.00 e. The molecule has 0 aromatic heterocycles. The molecule has 2 rings (SSSR count). The quantitative estimate of drug-likeness (QED) is 0.522.